The number of carbonyl (C=O) groups excluding carboxylic acids is 2. The van der Waals surface area contributed by atoms with Crippen LogP contribution in [0.2, 0.25) is 0 Å². The second-order valence-electron chi connectivity index (χ2n) is 4.62. The summed E-state index contributed by atoms with van der Waals surface area (Å²) in [5.41, 5.74) is 0.852. The van der Waals surface area contributed by atoms with Crippen molar-refractivity contribution in [2.45, 2.75) is 24.2 Å². The summed E-state index contributed by atoms with van der Waals surface area (Å²) in [6.45, 7) is 4.20. The molecule has 1 aromatic carbocycles. The first-order valence-corrected chi connectivity index (χ1v) is 9.70. The number of aromatic nitrogens is 3. The fraction of sp³-hybridized carbons (Fsp3) is 0.375. The van der Waals surface area contributed by atoms with Gasteiger partial charge in [0.2, 0.25) is 0 Å². The van der Waals surface area contributed by atoms with Gasteiger partial charge in [-0.1, -0.05) is 41.7 Å². The van der Waals surface area contributed by atoms with E-state index in [1.54, 1.807) is 13.8 Å². The number of benzene rings is 1. The minimum absolute atomic E-state index is 0.140. The number of rotatable bonds is 9. The lowest BCUT2D eigenvalue weighted by atomic mass is 10.3. The summed E-state index contributed by atoms with van der Waals surface area (Å²) in [5.74, 6) is -0.338. The Bertz CT molecular complexity index is 667. The molecule has 7 nitrogen and oxygen atoms in total. The van der Waals surface area contributed by atoms with Crippen LogP contribution in [-0.2, 0) is 19.1 Å². The number of nitrogens with zero attached hydrogens (tertiary/aromatic N) is 3. The van der Waals surface area contributed by atoms with Crippen molar-refractivity contribution < 1.29 is 19.1 Å². The highest BCUT2D eigenvalue weighted by Crippen LogP contribution is 2.27. The van der Waals surface area contributed by atoms with Crippen molar-refractivity contribution in [1.82, 2.24) is 14.8 Å². The first-order chi connectivity index (χ1) is 12.2. The minimum Gasteiger partial charge on any atom is -0.465 e. The van der Waals surface area contributed by atoms with Gasteiger partial charge in [0.25, 0.3) is 0 Å². The van der Waals surface area contributed by atoms with Gasteiger partial charge < -0.3 is 9.47 Å². The molecule has 0 bridgehead atoms. The van der Waals surface area contributed by atoms with E-state index < -0.39 is 0 Å². The zero-order chi connectivity index (χ0) is 18.1. The molecular formula is C16H19N3O4S2. The molecule has 0 radical (unpaired) electrons. The monoisotopic (exact) mass is 381 g/mol. The van der Waals surface area contributed by atoms with E-state index in [0.717, 1.165) is 5.69 Å². The van der Waals surface area contributed by atoms with Gasteiger partial charge >= 0.3 is 11.9 Å². The molecule has 0 aliphatic carbocycles. The van der Waals surface area contributed by atoms with Crippen LogP contribution >= 0.6 is 23.5 Å². The Kier molecular flexibility index (Phi) is 7.80. The van der Waals surface area contributed by atoms with E-state index in [4.69, 9.17) is 9.47 Å². The number of hydrogen-bond acceptors (Lipinski definition) is 8. The van der Waals surface area contributed by atoms with Crippen LogP contribution in [-0.4, -0.2) is 51.4 Å². The Morgan fingerprint density at radius 2 is 1.40 bits per heavy atom. The smallest absolute Gasteiger partial charge is 0.316 e. The van der Waals surface area contributed by atoms with Crippen molar-refractivity contribution in [3.05, 3.63) is 30.3 Å². The van der Waals surface area contributed by atoms with E-state index in [2.05, 4.69) is 10.2 Å². The highest BCUT2D eigenvalue weighted by Gasteiger charge is 2.17. The standard InChI is InChI=1S/C16H19N3O4S2/c1-3-22-13(20)10-24-15-17-18-16(25-11-14(21)23-4-2)19(15)12-8-6-5-7-9-12/h5-9H,3-4,10-11H2,1-2H3. The summed E-state index contributed by atoms with van der Waals surface area (Å²) >= 11 is 2.48. The summed E-state index contributed by atoms with van der Waals surface area (Å²) in [5, 5.41) is 9.41. The number of esters is 2. The molecule has 1 heterocycles. The number of thioether (sulfide) groups is 2. The molecule has 1 aromatic heterocycles. The van der Waals surface area contributed by atoms with Gasteiger partial charge in [0.1, 0.15) is 0 Å². The fourth-order valence-corrected chi connectivity index (χ4v) is 3.45. The molecular weight excluding hydrogens is 362 g/mol. The number of hydrogen-bond donors (Lipinski definition) is 0. The lowest BCUT2D eigenvalue weighted by molar-refractivity contribution is -0.140. The molecule has 0 aliphatic heterocycles. The summed E-state index contributed by atoms with van der Waals surface area (Å²) in [7, 11) is 0. The summed E-state index contributed by atoms with van der Waals surface area (Å²) < 4.78 is 11.7. The first-order valence-electron chi connectivity index (χ1n) is 7.73. The Morgan fingerprint density at radius 1 is 0.920 bits per heavy atom. The SMILES string of the molecule is CCOC(=O)CSc1nnc(SCC(=O)OCC)n1-c1ccccc1. The van der Waals surface area contributed by atoms with Crippen molar-refractivity contribution in [1.29, 1.82) is 0 Å². The molecule has 25 heavy (non-hydrogen) atoms. The van der Waals surface area contributed by atoms with Crippen molar-refractivity contribution in [2.24, 2.45) is 0 Å². The zero-order valence-corrected chi connectivity index (χ0v) is 15.6. The molecule has 2 rings (SSSR count). The summed E-state index contributed by atoms with van der Waals surface area (Å²) in [6, 6.07) is 9.52. The number of carbonyl (C=O) groups is 2. The molecule has 0 spiro atoms. The maximum Gasteiger partial charge on any atom is 0.316 e. The average molecular weight is 381 g/mol. The second kappa shape index (κ2) is 10.1. The molecule has 0 saturated heterocycles. The van der Waals surface area contributed by atoms with Gasteiger partial charge in [-0.25, -0.2) is 0 Å². The van der Waals surface area contributed by atoms with E-state index >= 15 is 0 Å². The highest BCUT2D eigenvalue weighted by atomic mass is 32.2. The molecule has 0 atom stereocenters. The van der Waals surface area contributed by atoms with Crippen LogP contribution in [0.25, 0.3) is 5.69 Å². The van der Waals surface area contributed by atoms with E-state index in [1.165, 1.54) is 23.5 Å². The number of para-hydroxylation sites is 1. The van der Waals surface area contributed by atoms with Gasteiger partial charge in [0.15, 0.2) is 10.3 Å². The van der Waals surface area contributed by atoms with Gasteiger partial charge in [-0.2, -0.15) is 0 Å². The van der Waals surface area contributed by atoms with Crippen LogP contribution < -0.4 is 0 Å². The Morgan fingerprint density at radius 3 is 1.84 bits per heavy atom. The Balaban J connectivity index is 2.18. The van der Waals surface area contributed by atoms with Gasteiger partial charge in [0, 0.05) is 0 Å². The van der Waals surface area contributed by atoms with Gasteiger partial charge in [0.05, 0.1) is 30.4 Å². The molecule has 0 fully saturated rings. The summed E-state index contributed by atoms with van der Waals surface area (Å²) in [4.78, 5) is 23.2. The first kappa shape index (κ1) is 19.3. The van der Waals surface area contributed by atoms with Crippen LogP contribution in [0.4, 0.5) is 0 Å². The van der Waals surface area contributed by atoms with Gasteiger partial charge in [-0.05, 0) is 26.0 Å². The van der Waals surface area contributed by atoms with E-state index in [-0.39, 0.29) is 23.4 Å². The van der Waals surface area contributed by atoms with Crippen molar-refractivity contribution in [2.75, 3.05) is 24.7 Å². The second-order valence-corrected chi connectivity index (χ2v) is 6.51. The molecule has 9 heteroatoms. The topological polar surface area (TPSA) is 83.3 Å². The average Bonchev–Trinajstić information content (AvgIpc) is 3.02. The van der Waals surface area contributed by atoms with Crippen LogP contribution in [0.5, 0.6) is 0 Å². The number of ether oxygens (including phenoxy) is 2. The van der Waals surface area contributed by atoms with Gasteiger partial charge in [-0.15, -0.1) is 10.2 Å². The van der Waals surface area contributed by atoms with Crippen molar-refractivity contribution in [3.8, 4) is 5.69 Å². The Labute approximate surface area is 154 Å². The molecule has 0 saturated carbocycles. The van der Waals surface area contributed by atoms with E-state index in [1.807, 2.05) is 34.9 Å². The van der Waals surface area contributed by atoms with E-state index in [9.17, 15) is 9.59 Å². The predicted octanol–water partition coefficient (Wildman–Crippen LogP) is 2.58. The molecule has 0 aliphatic rings. The maximum absolute atomic E-state index is 11.6. The zero-order valence-electron chi connectivity index (χ0n) is 14.0. The molecule has 2 aromatic rings. The van der Waals surface area contributed by atoms with Crippen LogP contribution in [0.3, 0.4) is 0 Å². The van der Waals surface area contributed by atoms with Crippen molar-refractivity contribution in [3.63, 3.8) is 0 Å². The van der Waals surface area contributed by atoms with E-state index in [0.29, 0.717) is 23.5 Å². The lowest BCUT2D eigenvalue weighted by Gasteiger charge is -2.09. The normalized spacial score (nSPS) is 10.5. The molecule has 0 N–H and O–H groups in total. The summed E-state index contributed by atoms with van der Waals surface area (Å²) in [6.07, 6.45) is 0. The van der Waals surface area contributed by atoms with Crippen LogP contribution in [0, 0.1) is 0 Å². The lowest BCUT2D eigenvalue weighted by Crippen LogP contribution is -2.09. The molecule has 134 valence electrons. The van der Waals surface area contributed by atoms with Crippen molar-refractivity contribution >= 4 is 35.5 Å². The highest BCUT2D eigenvalue weighted by molar-refractivity contribution is 8.00. The Hall–Kier alpha value is -2.00. The third kappa shape index (κ3) is 5.79. The quantitative estimate of drug-likeness (QED) is 0.484. The molecule has 0 unspecified atom stereocenters. The van der Waals surface area contributed by atoms with Crippen LogP contribution in [0.15, 0.2) is 40.6 Å². The third-order valence-corrected chi connectivity index (χ3v) is 4.67. The fourth-order valence-electron chi connectivity index (χ4n) is 1.89. The van der Waals surface area contributed by atoms with Gasteiger partial charge in [-0.3, -0.25) is 14.2 Å². The predicted molar refractivity (Wildman–Crippen MR) is 96.1 cm³/mol. The minimum atomic E-state index is -0.309. The maximum atomic E-state index is 11.6. The largest absolute Gasteiger partial charge is 0.465 e. The third-order valence-electron chi connectivity index (χ3n) is 2.87. The van der Waals surface area contributed by atoms with Crippen LogP contribution in [0.1, 0.15) is 13.8 Å². The molecule has 0 amide bonds.